The minimum Gasteiger partial charge on any atom is -0.347 e. The van der Waals surface area contributed by atoms with Crippen LogP contribution in [0.2, 0.25) is 5.02 Å². The lowest BCUT2D eigenvalue weighted by Gasteiger charge is -2.22. The summed E-state index contributed by atoms with van der Waals surface area (Å²) >= 11 is 7.41. The molecule has 0 aliphatic rings. The number of hydrogen-bond donors (Lipinski definition) is 1. The first-order valence-corrected chi connectivity index (χ1v) is 12.5. The van der Waals surface area contributed by atoms with E-state index in [2.05, 4.69) is 10.3 Å². The van der Waals surface area contributed by atoms with Gasteiger partial charge in [-0.05, 0) is 47.0 Å². The zero-order valence-electron chi connectivity index (χ0n) is 19.4. The van der Waals surface area contributed by atoms with E-state index in [1.54, 1.807) is 35.7 Å². The van der Waals surface area contributed by atoms with Crippen LogP contribution >= 0.6 is 22.9 Å². The number of carbonyl (C=O) groups excluding carboxylic acids is 1. The van der Waals surface area contributed by atoms with Crippen molar-refractivity contribution in [2.45, 2.75) is 32.4 Å². The number of aromatic nitrogens is 1. The number of halogens is 5. The smallest absolute Gasteiger partial charge is 0.347 e. The third kappa shape index (κ3) is 7.85. The molecule has 3 aromatic carbocycles. The normalized spacial score (nSPS) is 11.6. The number of hydrogen-bond acceptors (Lipinski definition) is 4. The van der Waals surface area contributed by atoms with Gasteiger partial charge in [-0.3, -0.25) is 9.69 Å². The van der Waals surface area contributed by atoms with Gasteiger partial charge in [0.15, 0.2) is 0 Å². The Labute approximate surface area is 220 Å². The number of benzene rings is 3. The highest BCUT2D eigenvalue weighted by atomic mass is 35.5. The standard InChI is InChI=1S/C27H22ClF4N3OS/c28-22-6-2-4-20(12-22)15-35(14-19-3-1-5-21(11-19)27(30,31)32)16-25-34-24(17-37-25)26(36)33-13-18-7-9-23(29)10-8-18/h1-12,17H,13-16H2,(H,33,36). The van der Waals surface area contributed by atoms with E-state index in [9.17, 15) is 22.4 Å². The van der Waals surface area contributed by atoms with Gasteiger partial charge >= 0.3 is 6.18 Å². The first-order chi connectivity index (χ1) is 17.7. The van der Waals surface area contributed by atoms with E-state index in [0.29, 0.717) is 28.7 Å². The zero-order valence-corrected chi connectivity index (χ0v) is 21.0. The molecule has 4 nitrogen and oxygen atoms in total. The number of thiazole rings is 1. The number of nitrogens with zero attached hydrogens (tertiary/aromatic N) is 2. The first kappa shape index (κ1) is 26.8. The Morgan fingerprint density at radius 1 is 0.919 bits per heavy atom. The Bertz CT molecular complexity index is 1360. The second-order valence-corrected chi connectivity index (χ2v) is 9.79. The average molecular weight is 548 g/mol. The minimum atomic E-state index is -4.43. The lowest BCUT2D eigenvalue weighted by atomic mass is 10.1. The molecule has 0 fully saturated rings. The number of nitrogens with one attached hydrogen (secondary N) is 1. The third-order valence-corrected chi connectivity index (χ3v) is 6.53. The predicted octanol–water partition coefficient (Wildman–Crippen LogP) is 7.09. The van der Waals surface area contributed by atoms with Crippen molar-refractivity contribution in [2.75, 3.05) is 0 Å². The van der Waals surface area contributed by atoms with Gasteiger partial charge in [-0.2, -0.15) is 13.2 Å². The first-order valence-electron chi connectivity index (χ1n) is 11.3. The monoisotopic (exact) mass is 547 g/mol. The fourth-order valence-corrected chi connectivity index (χ4v) is 4.75. The molecule has 1 heterocycles. The Balaban J connectivity index is 1.47. The molecule has 1 amide bonds. The van der Waals surface area contributed by atoms with E-state index in [1.807, 2.05) is 17.0 Å². The molecule has 0 spiro atoms. The summed E-state index contributed by atoms with van der Waals surface area (Å²) in [6, 6.07) is 18.3. The van der Waals surface area contributed by atoms with Crippen LogP contribution in [0, 0.1) is 5.82 Å². The van der Waals surface area contributed by atoms with E-state index in [4.69, 9.17) is 11.6 Å². The SMILES string of the molecule is O=C(NCc1ccc(F)cc1)c1csc(CN(Cc2cccc(Cl)c2)Cc2cccc(C(F)(F)F)c2)n1. The molecule has 1 aromatic heterocycles. The summed E-state index contributed by atoms with van der Waals surface area (Å²) in [5.74, 6) is -0.724. The Hall–Kier alpha value is -3.27. The number of rotatable bonds is 9. The van der Waals surface area contributed by atoms with E-state index in [1.165, 1.54) is 29.5 Å². The highest BCUT2D eigenvalue weighted by molar-refractivity contribution is 7.09. The van der Waals surface area contributed by atoms with Crippen molar-refractivity contribution >= 4 is 28.8 Å². The number of alkyl halides is 3. The molecule has 0 saturated carbocycles. The van der Waals surface area contributed by atoms with Gasteiger partial charge in [0.2, 0.25) is 0 Å². The molecule has 0 aliphatic heterocycles. The Morgan fingerprint density at radius 3 is 2.27 bits per heavy atom. The molecule has 37 heavy (non-hydrogen) atoms. The second-order valence-electron chi connectivity index (χ2n) is 8.41. The van der Waals surface area contributed by atoms with Crippen molar-refractivity contribution in [2.24, 2.45) is 0 Å². The van der Waals surface area contributed by atoms with Crippen molar-refractivity contribution in [1.82, 2.24) is 15.2 Å². The maximum Gasteiger partial charge on any atom is 0.416 e. The van der Waals surface area contributed by atoms with Crippen LogP contribution in [-0.4, -0.2) is 15.8 Å². The number of amides is 1. The summed E-state index contributed by atoms with van der Waals surface area (Å²) in [4.78, 5) is 18.9. The van der Waals surface area contributed by atoms with Crippen molar-refractivity contribution in [3.8, 4) is 0 Å². The molecule has 10 heteroatoms. The van der Waals surface area contributed by atoms with Crippen LogP contribution < -0.4 is 5.32 Å². The largest absolute Gasteiger partial charge is 0.416 e. The van der Waals surface area contributed by atoms with Crippen molar-refractivity contribution in [3.05, 3.63) is 122 Å². The van der Waals surface area contributed by atoms with Gasteiger partial charge in [0.05, 0.1) is 12.1 Å². The molecule has 0 unspecified atom stereocenters. The van der Waals surface area contributed by atoms with Crippen LogP contribution in [-0.2, 0) is 32.4 Å². The molecule has 4 rings (SSSR count). The molecule has 0 aliphatic carbocycles. The average Bonchev–Trinajstić information content (AvgIpc) is 3.32. The van der Waals surface area contributed by atoms with Crippen molar-refractivity contribution in [1.29, 1.82) is 0 Å². The minimum absolute atomic E-state index is 0.225. The molecule has 0 atom stereocenters. The van der Waals surface area contributed by atoms with E-state index >= 15 is 0 Å². The van der Waals surface area contributed by atoms with Crippen molar-refractivity contribution in [3.63, 3.8) is 0 Å². The zero-order chi connectivity index (χ0) is 26.4. The molecule has 0 saturated heterocycles. The molecular weight excluding hydrogens is 526 g/mol. The molecule has 0 radical (unpaired) electrons. The van der Waals surface area contributed by atoms with Crippen LogP contribution in [0.5, 0.6) is 0 Å². The van der Waals surface area contributed by atoms with Gasteiger partial charge < -0.3 is 5.32 Å². The van der Waals surface area contributed by atoms with Gasteiger partial charge in [0.1, 0.15) is 16.5 Å². The maximum atomic E-state index is 13.2. The topological polar surface area (TPSA) is 45.2 Å². The second kappa shape index (κ2) is 11.9. The number of carbonyl (C=O) groups is 1. The highest BCUT2D eigenvalue weighted by Gasteiger charge is 2.30. The molecular formula is C27H22ClF4N3OS. The van der Waals surface area contributed by atoms with Crippen LogP contribution in [0.25, 0.3) is 0 Å². The fourth-order valence-electron chi connectivity index (χ4n) is 3.72. The molecule has 0 bridgehead atoms. The summed E-state index contributed by atoms with van der Waals surface area (Å²) in [5.41, 5.74) is 1.68. The van der Waals surface area contributed by atoms with E-state index in [-0.39, 0.29) is 30.5 Å². The van der Waals surface area contributed by atoms with Gasteiger partial charge in [-0.25, -0.2) is 9.37 Å². The van der Waals surface area contributed by atoms with Gasteiger partial charge in [-0.15, -0.1) is 11.3 Å². The van der Waals surface area contributed by atoms with E-state index < -0.39 is 11.7 Å². The van der Waals surface area contributed by atoms with Crippen LogP contribution in [0.15, 0.2) is 78.2 Å². The maximum absolute atomic E-state index is 13.2. The van der Waals surface area contributed by atoms with Crippen molar-refractivity contribution < 1.29 is 22.4 Å². The van der Waals surface area contributed by atoms with E-state index in [0.717, 1.165) is 23.3 Å². The Kier molecular flexibility index (Phi) is 8.58. The lowest BCUT2D eigenvalue weighted by molar-refractivity contribution is -0.137. The van der Waals surface area contributed by atoms with Crippen LogP contribution in [0.4, 0.5) is 17.6 Å². The lowest BCUT2D eigenvalue weighted by Crippen LogP contribution is -2.24. The quantitative estimate of drug-likeness (QED) is 0.228. The van der Waals surface area contributed by atoms with Gasteiger partial charge in [0, 0.05) is 30.0 Å². The summed E-state index contributed by atoms with van der Waals surface area (Å²) in [6.07, 6.45) is -4.43. The predicted molar refractivity (Wildman–Crippen MR) is 136 cm³/mol. The third-order valence-electron chi connectivity index (χ3n) is 5.47. The van der Waals surface area contributed by atoms with Crippen LogP contribution in [0.1, 0.15) is 37.7 Å². The van der Waals surface area contributed by atoms with Gasteiger partial charge in [-0.1, -0.05) is 54.1 Å². The summed E-state index contributed by atoms with van der Waals surface area (Å²) < 4.78 is 52.7. The molecule has 192 valence electrons. The molecule has 1 N–H and O–H groups in total. The fraction of sp³-hybridized carbons (Fsp3) is 0.185. The van der Waals surface area contributed by atoms with Gasteiger partial charge in [0.25, 0.3) is 5.91 Å². The summed E-state index contributed by atoms with van der Waals surface area (Å²) in [7, 11) is 0. The summed E-state index contributed by atoms with van der Waals surface area (Å²) in [5, 5.41) is 5.59. The molecule has 4 aromatic rings. The highest BCUT2D eigenvalue weighted by Crippen LogP contribution is 2.30. The summed E-state index contributed by atoms with van der Waals surface area (Å²) in [6.45, 7) is 1.20. The van der Waals surface area contributed by atoms with Crippen LogP contribution in [0.3, 0.4) is 0 Å². The Morgan fingerprint density at radius 2 is 1.59 bits per heavy atom.